The van der Waals surface area contributed by atoms with Gasteiger partial charge in [0, 0.05) is 5.56 Å². The van der Waals surface area contributed by atoms with E-state index in [1.54, 1.807) is 4.68 Å². The number of carbonyl (C=O) groups excluding carboxylic acids is 1. The Balaban J connectivity index is 1.83. The first-order valence-electron chi connectivity index (χ1n) is 8.38. The number of tetrazole rings is 1. The Morgan fingerprint density at radius 1 is 1.19 bits per heavy atom. The maximum absolute atomic E-state index is 12.7. The van der Waals surface area contributed by atoms with Crippen molar-refractivity contribution in [1.29, 1.82) is 0 Å². The average molecular weight is 368 g/mol. The van der Waals surface area contributed by atoms with Crippen LogP contribution in [-0.4, -0.2) is 37.8 Å². The molecule has 0 aliphatic heterocycles. The van der Waals surface area contributed by atoms with Crippen molar-refractivity contribution in [2.75, 3.05) is 6.61 Å². The zero-order chi connectivity index (χ0) is 18.5. The van der Waals surface area contributed by atoms with Gasteiger partial charge < -0.3 is 4.74 Å². The lowest BCUT2D eigenvalue weighted by atomic mass is 10.1. The van der Waals surface area contributed by atoms with Gasteiger partial charge in [-0.1, -0.05) is 53.7 Å². The Morgan fingerprint density at radius 3 is 2.65 bits per heavy atom. The van der Waals surface area contributed by atoms with E-state index < -0.39 is 0 Å². The summed E-state index contributed by atoms with van der Waals surface area (Å²) in [5.74, 6) is 0.740. The van der Waals surface area contributed by atoms with Crippen molar-refractivity contribution in [3.8, 4) is 11.4 Å². The van der Waals surface area contributed by atoms with Crippen LogP contribution in [0.3, 0.4) is 0 Å². The predicted molar refractivity (Wildman–Crippen MR) is 101 cm³/mol. The molecule has 0 saturated heterocycles. The highest BCUT2D eigenvalue weighted by Gasteiger charge is 2.21. The van der Waals surface area contributed by atoms with E-state index in [4.69, 9.17) is 4.74 Å². The smallest absolute Gasteiger partial charge is 0.214 e. The van der Waals surface area contributed by atoms with Crippen LogP contribution in [0, 0.1) is 6.92 Å². The number of rotatable bonds is 7. The molecule has 0 unspecified atom stereocenters. The van der Waals surface area contributed by atoms with Crippen molar-refractivity contribution in [3.63, 3.8) is 0 Å². The summed E-state index contributed by atoms with van der Waals surface area (Å²) in [6.45, 7) is 6.33. The highest BCUT2D eigenvalue weighted by atomic mass is 32.2. The van der Waals surface area contributed by atoms with E-state index in [1.165, 1.54) is 11.8 Å². The van der Waals surface area contributed by atoms with Crippen molar-refractivity contribution in [1.82, 2.24) is 20.2 Å². The summed E-state index contributed by atoms with van der Waals surface area (Å²) in [7, 11) is 0. The van der Waals surface area contributed by atoms with Gasteiger partial charge in [-0.15, -0.1) is 5.10 Å². The normalized spacial score (nSPS) is 12.0. The van der Waals surface area contributed by atoms with Gasteiger partial charge in [0.25, 0.3) is 0 Å². The first-order valence-corrected chi connectivity index (χ1v) is 9.26. The summed E-state index contributed by atoms with van der Waals surface area (Å²) in [6, 6.07) is 15.1. The summed E-state index contributed by atoms with van der Waals surface area (Å²) in [5.41, 5.74) is 2.56. The Labute approximate surface area is 156 Å². The predicted octanol–water partition coefficient (Wildman–Crippen LogP) is 3.73. The second-order valence-corrected chi connectivity index (χ2v) is 7.07. The summed E-state index contributed by atoms with van der Waals surface area (Å²) < 4.78 is 7.26. The third-order valence-corrected chi connectivity index (χ3v) is 4.85. The number of ketones is 1. The lowest BCUT2D eigenvalue weighted by Crippen LogP contribution is -2.15. The lowest BCUT2D eigenvalue weighted by molar-refractivity contribution is 0.0994. The molecule has 0 amide bonds. The zero-order valence-corrected chi connectivity index (χ0v) is 15.7. The van der Waals surface area contributed by atoms with Crippen LogP contribution in [0.2, 0.25) is 0 Å². The number of benzene rings is 2. The van der Waals surface area contributed by atoms with Gasteiger partial charge in [0.05, 0.1) is 11.9 Å². The molecule has 1 heterocycles. The summed E-state index contributed by atoms with van der Waals surface area (Å²) in [6.07, 6.45) is 0. The molecule has 7 heteroatoms. The molecule has 0 fully saturated rings. The molecule has 134 valence electrons. The topological polar surface area (TPSA) is 69.9 Å². The van der Waals surface area contributed by atoms with Crippen LogP contribution in [0.1, 0.15) is 29.8 Å². The number of aromatic nitrogens is 4. The number of nitrogens with zero attached hydrogens (tertiary/aromatic N) is 4. The average Bonchev–Trinajstić information content (AvgIpc) is 3.10. The van der Waals surface area contributed by atoms with Crippen molar-refractivity contribution in [2.45, 2.75) is 31.2 Å². The first kappa shape index (κ1) is 18.1. The Hall–Kier alpha value is -2.67. The molecule has 0 spiro atoms. The Bertz CT molecular complexity index is 893. The van der Waals surface area contributed by atoms with Crippen LogP contribution in [0.25, 0.3) is 5.69 Å². The molecule has 2 aromatic carbocycles. The quantitative estimate of drug-likeness (QED) is 0.467. The van der Waals surface area contributed by atoms with Crippen molar-refractivity contribution in [3.05, 3.63) is 59.7 Å². The van der Waals surface area contributed by atoms with Crippen molar-refractivity contribution < 1.29 is 9.53 Å². The molecule has 26 heavy (non-hydrogen) atoms. The zero-order valence-electron chi connectivity index (χ0n) is 14.9. The van der Waals surface area contributed by atoms with E-state index in [9.17, 15) is 4.79 Å². The number of ether oxygens (including phenoxy) is 1. The van der Waals surface area contributed by atoms with Gasteiger partial charge in [-0.05, 0) is 43.3 Å². The van der Waals surface area contributed by atoms with Crippen LogP contribution in [0.4, 0.5) is 0 Å². The summed E-state index contributed by atoms with van der Waals surface area (Å²) in [4.78, 5) is 12.7. The molecule has 0 N–H and O–H groups in total. The number of Topliss-reactive ketones (excluding diaryl/α,β-unsaturated/α-hetero) is 1. The second-order valence-electron chi connectivity index (χ2n) is 5.76. The molecule has 0 radical (unpaired) electrons. The van der Waals surface area contributed by atoms with Crippen LogP contribution in [0.15, 0.2) is 53.7 Å². The summed E-state index contributed by atoms with van der Waals surface area (Å²) in [5, 5.41) is 12.2. The molecule has 6 nitrogen and oxygen atoms in total. The monoisotopic (exact) mass is 368 g/mol. The van der Waals surface area contributed by atoms with Gasteiger partial charge >= 0.3 is 0 Å². The molecular weight excluding hydrogens is 348 g/mol. The summed E-state index contributed by atoms with van der Waals surface area (Å²) >= 11 is 1.33. The van der Waals surface area contributed by atoms with Gasteiger partial charge in [0.2, 0.25) is 5.16 Å². The fourth-order valence-electron chi connectivity index (χ4n) is 2.48. The van der Waals surface area contributed by atoms with E-state index in [0.717, 1.165) is 11.3 Å². The van der Waals surface area contributed by atoms with E-state index in [2.05, 4.69) is 15.5 Å². The van der Waals surface area contributed by atoms with E-state index in [-0.39, 0.29) is 11.0 Å². The highest BCUT2D eigenvalue weighted by Crippen LogP contribution is 2.29. The first-order chi connectivity index (χ1) is 12.6. The Kier molecular flexibility index (Phi) is 5.68. The van der Waals surface area contributed by atoms with Crippen LogP contribution < -0.4 is 4.74 Å². The van der Waals surface area contributed by atoms with Gasteiger partial charge in [-0.3, -0.25) is 4.79 Å². The van der Waals surface area contributed by atoms with E-state index in [0.29, 0.717) is 23.1 Å². The Morgan fingerprint density at radius 2 is 1.92 bits per heavy atom. The molecule has 3 aromatic rings. The molecule has 0 aliphatic carbocycles. The minimum absolute atomic E-state index is 0.0441. The van der Waals surface area contributed by atoms with Crippen molar-refractivity contribution >= 4 is 17.5 Å². The number of hydrogen-bond donors (Lipinski definition) is 0. The maximum Gasteiger partial charge on any atom is 0.214 e. The van der Waals surface area contributed by atoms with Crippen LogP contribution in [0.5, 0.6) is 5.75 Å². The number of thioether (sulfide) groups is 1. The van der Waals surface area contributed by atoms with E-state index >= 15 is 0 Å². The minimum Gasteiger partial charge on any atom is -0.492 e. The maximum atomic E-state index is 12.7. The molecule has 0 aliphatic rings. The minimum atomic E-state index is -0.318. The second kappa shape index (κ2) is 8.14. The van der Waals surface area contributed by atoms with E-state index in [1.807, 2.05) is 69.3 Å². The molecule has 0 saturated carbocycles. The molecule has 0 bridgehead atoms. The third-order valence-electron chi connectivity index (χ3n) is 3.82. The lowest BCUT2D eigenvalue weighted by Gasteiger charge is -2.12. The van der Waals surface area contributed by atoms with Gasteiger partial charge in [-0.25, -0.2) is 0 Å². The largest absolute Gasteiger partial charge is 0.492 e. The fraction of sp³-hybridized carbons (Fsp3) is 0.263. The molecule has 1 aromatic heterocycles. The number of aryl methyl sites for hydroxylation is 1. The van der Waals surface area contributed by atoms with Crippen molar-refractivity contribution in [2.24, 2.45) is 0 Å². The third kappa shape index (κ3) is 3.94. The number of carbonyl (C=O) groups is 1. The molecular formula is C19H20N4O2S. The van der Waals surface area contributed by atoms with Crippen LogP contribution >= 0.6 is 11.8 Å². The van der Waals surface area contributed by atoms with Gasteiger partial charge in [0.1, 0.15) is 11.4 Å². The van der Waals surface area contributed by atoms with Crippen LogP contribution in [-0.2, 0) is 0 Å². The van der Waals surface area contributed by atoms with Gasteiger partial charge in [0.15, 0.2) is 5.78 Å². The molecule has 3 rings (SSSR count). The number of para-hydroxylation sites is 2. The standard InChI is InChI=1S/C19H20N4O2S/c1-4-25-17-8-6-5-7-16(17)23-19(20-21-22-23)26-14(3)18(24)15-11-9-13(2)10-12-15/h5-12,14H,4H2,1-3H3/t14-/m1/s1. The SMILES string of the molecule is CCOc1ccccc1-n1nnnc1S[C@H](C)C(=O)c1ccc(C)cc1. The number of hydrogen-bond acceptors (Lipinski definition) is 6. The van der Waals surface area contributed by atoms with Gasteiger partial charge in [-0.2, -0.15) is 4.68 Å². The fourth-order valence-corrected chi connectivity index (χ4v) is 3.36. The molecule has 1 atom stereocenters. The highest BCUT2D eigenvalue weighted by molar-refractivity contribution is 8.00.